The zero-order valence-corrected chi connectivity index (χ0v) is 16.9. The lowest BCUT2D eigenvalue weighted by Crippen LogP contribution is -2.92. The number of hydrogen-bond donors (Lipinski definition) is 2. The van der Waals surface area contributed by atoms with Crippen molar-refractivity contribution >= 4 is 22.9 Å². The minimum absolute atomic E-state index is 0.0536. The van der Waals surface area contributed by atoms with E-state index in [-0.39, 0.29) is 18.0 Å². The summed E-state index contributed by atoms with van der Waals surface area (Å²) in [4.78, 5) is 14.0. The molecule has 2 atom stereocenters. The van der Waals surface area contributed by atoms with Crippen LogP contribution in [0.5, 0.6) is 0 Å². The topological polar surface area (TPSA) is 69.5 Å². The van der Waals surface area contributed by atoms with Gasteiger partial charge in [-0.2, -0.15) is 5.26 Å². The van der Waals surface area contributed by atoms with E-state index in [0.717, 1.165) is 6.42 Å². The molecule has 3 rings (SSSR count). The fourth-order valence-corrected chi connectivity index (χ4v) is 3.94. The predicted molar refractivity (Wildman–Crippen MR) is 113 cm³/mol. The van der Waals surface area contributed by atoms with Gasteiger partial charge >= 0.3 is 0 Å². The van der Waals surface area contributed by atoms with Crippen molar-refractivity contribution < 1.29 is 10.1 Å². The van der Waals surface area contributed by atoms with Crippen molar-refractivity contribution in [3.63, 3.8) is 0 Å². The van der Waals surface area contributed by atoms with E-state index in [0.29, 0.717) is 11.3 Å². The highest BCUT2D eigenvalue weighted by atomic mass is 32.1. The number of carbonyl (C=O) groups is 1. The van der Waals surface area contributed by atoms with Gasteiger partial charge in [-0.1, -0.05) is 49.4 Å². The Labute approximate surface area is 169 Å². The SMILES string of the molecule is CCc1ccc([C@@H]([NH2+][C@H](C)C(=O)Nc2ccccc2C#N)c2cccs2)cc1. The van der Waals surface area contributed by atoms with Crippen molar-refractivity contribution in [2.75, 3.05) is 5.32 Å². The fraction of sp³-hybridized carbons (Fsp3) is 0.217. The van der Waals surface area contributed by atoms with Gasteiger partial charge in [-0.05, 0) is 42.5 Å². The number of aryl methyl sites for hydroxylation is 1. The molecule has 0 fully saturated rings. The first-order chi connectivity index (χ1) is 13.6. The van der Waals surface area contributed by atoms with E-state index in [1.807, 2.05) is 19.1 Å². The quantitative estimate of drug-likeness (QED) is 0.643. The monoisotopic (exact) mass is 390 g/mol. The Kier molecular flexibility index (Phi) is 6.59. The van der Waals surface area contributed by atoms with E-state index < -0.39 is 0 Å². The first kappa shape index (κ1) is 19.8. The van der Waals surface area contributed by atoms with Gasteiger partial charge in [-0.25, -0.2) is 0 Å². The van der Waals surface area contributed by atoms with Gasteiger partial charge in [-0.15, -0.1) is 11.3 Å². The van der Waals surface area contributed by atoms with Crippen molar-refractivity contribution in [1.82, 2.24) is 0 Å². The average molecular weight is 391 g/mol. The number of nitrogens with zero attached hydrogens (tertiary/aromatic N) is 1. The van der Waals surface area contributed by atoms with E-state index >= 15 is 0 Å². The zero-order chi connectivity index (χ0) is 19.9. The number of nitrogens with one attached hydrogen (secondary N) is 1. The maximum absolute atomic E-state index is 12.8. The zero-order valence-electron chi connectivity index (χ0n) is 16.1. The van der Waals surface area contributed by atoms with Gasteiger partial charge in [0.1, 0.15) is 12.1 Å². The van der Waals surface area contributed by atoms with Crippen molar-refractivity contribution in [2.45, 2.75) is 32.4 Å². The molecule has 3 N–H and O–H groups in total. The summed E-state index contributed by atoms with van der Waals surface area (Å²) >= 11 is 1.69. The predicted octanol–water partition coefficient (Wildman–Crippen LogP) is 3.86. The molecule has 5 heteroatoms. The molecule has 3 aromatic rings. The van der Waals surface area contributed by atoms with E-state index in [1.165, 1.54) is 16.0 Å². The second-order valence-corrected chi connectivity index (χ2v) is 7.70. The number of rotatable bonds is 7. The maximum atomic E-state index is 12.8. The summed E-state index contributed by atoms with van der Waals surface area (Å²) in [6.07, 6.45) is 1.00. The number of carbonyl (C=O) groups excluding carboxylic acids is 1. The van der Waals surface area contributed by atoms with Crippen molar-refractivity contribution in [3.05, 3.63) is 87.6 Å². The van der Waals surface area contributed by atoms with Gasteiger partial charge in [0.25, 0.3) is 5.91 Å². The lowest BCUT2D eigenvalue weighted by atomic mass is 10.0. The molecule has 1 heterocycles. The van der Waals surface area contributed by atoms with Crippen LogP contribution in [-0.4, -0.2) is 11.9 Å². The maximum Gasteiger partial charge on any atom is 0.282 e. The highest BCUT2D eigenvalue weighted by Crippen LogP contribution is 2.23. The van der Waals surface area contributed by atoms with Crippen LogP contribution in [-0.2, 0) is 11.2 Å². The molecular formula is C23H24N3OS+. The summed E-state index contributed by atoms with van der Waals surface area (Å²) in [5.41, 5.74) is 3.49. The van der Waals surface area contributed by atoms with Crippen LogP contribution in [0.4, 0.5) is 5.69 Å². The third kappa shape index (κ3) is 4.66. The van der Waals surface area contributed by atoms with Crippen LogP contribution in [0.3, 0.4) is 0 Å². The molecule has 0 aliphatic carbocycles. The fourth-order valence-electron chi connectivity index (χ4n) is 3.11. The molecule has 28 heavy (non-hydrogen) atoms. The molecule has 1 amide bonds. The van der Waals surface area contributed by atoms with Crippen LogP contribution in [0.1, 0.15) is 41.5 Å². The molecule has 0 spiro atoms. The second-order valence-electron chi connectivity index (χ2n) is 6.72. The van der Waals surface area contributed by atoms with Gasteiger partial charge < -0.3 is 10.6 Å². The van der Waals surface area contributed by atoms with Gasteiger partial charge in [0, 0.05) is 5.56 Å². The smallest absolute Gasteiger partial charge is 0.282 e. The standard InChI is InChI=1S/C23H23N3OS/c1-3-17-10-12-18(13-11-17)22(21-9-6-14-28-21)25-16(2)23(27)26-20-8-5-4-7-19(20)15-24/h4-14,16,22,25H,3H2,1-2H3,(H,26,27)/p+1/t16-,22-/m1/s1. The van der Waals surface area contributed by atoms with Crippen LogP contribution in [0.2, 0.25) is 0 Å². The number of amides is 1. The number of para-hydroxylation sites is 1. The summed E-state index contributed by atoms with van der Waals surface area (Å²) in [6, 6.07) is 21.7. The van der Waals surface area contributed by atoms with Gasteiger partial charge in [0.2, 0.25) is 0 Å². The van der Waals surface area contributed by atoms with Crippen LogP contribution in [0.25, 0.3) is 0 Å². The number of benzene rings is 2. The number of nitrogens with two attached hydrogens (primary N) is 1. The van der Waals surface area contributed by atoms with Crippen LogP contribution >= 0.6 is 11.3 Å². The number of thiophene rings is 1. The summed E-state index contributed by atoms with van der Waals surface area (Å²) < 4.78 is 0. The summed E-state index contributed by atoms with van der Waals surface area (Å²) in [6.45, 7) is 4.04. The highest BCUT2D eigenvalue weighted by molar-refractivity contribution is 7.10. The Hall–Kier alpha value is -2.94. The van der Waals surface area contributed by atoms with Gasteiger partial charge in [0.05, 0.1) is 16.1 Å². The van der Waals surface area contributed by atoms with Gasteiger partial charge in [0.15, 0.2) is 6.04 Å². The number of anilines is 1. The first-order valence-electron chi connectivity index (χ1n) is 9.39. The third-order valence-electron chi connectivity index (χ3n) is 4.80. The molecule has 0 radical (unpaired) electrons. The van der Waals surface area contributed by atoms with E-state index in [1.54, 1.807) is 29.5 Å². The Morgan fingerprint density at radius 3 is 2.54 bits per heavy atom. The molecule has 142 valence electrons. The van der Waals surface area contributed by atoms with Gasteiger partial charge in [-0.3, -0.25) is 4.79 Å². The second kappa shape index (κ2) is 9.32. The van der Waals surface area contributed by atoms with Crippen LogP contribution < -0.4 is 10.6 Å². The lowest BCUT2D eigenvalue weighted by Gasteiger charge is -2.20. The summed E-state index contributed by atoms with van der Waals surface area (Å²) in [7, 11) is 0. The molecule has 1 aromatic heterocycles. The van der Waals surface area contributed by atoms with E-state index in [9.17, 15) is 10.1 Å². The minimum Gasteiger partial charge on any atom is -0.326 e. The molecule has 0 unspecified atom stereocenters. The van der Waals surface area contributed by atoms with Crippen molar-refractivity contribution in [1.29, 1.82) is 5.26 Å². The number of quaternary nitrogens is 1. The first-order valence-corrected chi connectivity index (χ1v) is 10.3. The molecule has 0 aliphatic rings. The molecule has 0 aliphatic heterocycles. The molecule has 4 nitrogen and oxygen atoms in total. The van der Waals surface area contributed by atoms with Crippen LogP contribution in [0, 0.1) is 11.3 Å². The van der Waals surface area contributed by atoms with Crippen molar-refractivity contribution in [3.8, 4) is 6.07 Å². The Morgan fingerprint density at radius 2 is 1.89 bits per heavy atom. The molecular weight excluding hydrogens is 366 g/mol. The van der Waals surface area contributed by atoms with E-state index in [2.05, 4.69) is 59.3 Å². The van der Waals surface area contributed by atoms with Crippen LogP contribution in [0.15, 0.2) is 66.0 Å². The lowest BCUT2D eigenvalue weighted by molar-refractivity contribution is -0.703. The number of hydrogen-bond acceptors (Lipinski definition) is 3. The Bertz CT molecular complexity index is 958. The molecule has 0 bridgehead atoms. The largest absolute Gasteiger partial charge is 0.326 e. The average Bonchev–Trinajstić information content (AvgIpc) is 3.27. The van der Waals surface area contributed by atoms with Crippen molar-refractivity contribution in [2.24, 2.45) is 0 Å². The molecule has 0 saturated carbocycles. The normalized spacial score (nSPS) is 12.8. The summed E-state index contributed by atoms with van der Waals surface area (Å²) in [5, 5.41) is 16.3. The minimum atomic E-state index is -0.315. The molecule has 0 saturated heterocycles. The Morgan fingerprint density at radius 1 is 1.14 bits per heavy atom. The third-order valence-corrected chi connectivity index (χ3v) is 5.75. The van der Waals surface area contributed by atoms with E-state index in [4.69, 9.17) is 0 Å². The highest BCUT2D eigenvalue weighted by Gasteiger charge is 2.26. The molecule has 2 aromatic carbocycles. The summed E-state index contributed by atoms with van der Waals surface area (Å²) in [5.74, 6) is -0.116. The Balaban J connectivity index is 1.78. The number of nitriles is 1.